The van der Waals surface area contributed by atoms with Crippen LogP contribution in [-0.2, 0) is 11.6 Å². The molecule has 0 radical (unpaired) electrons. The third kappa shape index (κ3) is 3.85. The molecule has 0 bridgehead atoms. The highest BCUT2D eigenvalue weighted by atomic mass is 19.4. The fourth-order valence-corrected chi connectivity index (χ4v) is 6.52. The first-order valence-electron chi connectivity index (χ1n) is 13.9. The summed E-state index contributed by atoms with van der Waals surface area (Å²) in [6.07, 6.45) is 1.47. The van der Waals surface area contributed by atoms with Crippen LogP contribution in [0.25, 0.3) is 21.5 Å². The zero-order chi connectivity index (χ0) is 28.3. The summed E-state index contributed by atoms with van der Waals surface area (Å²) in [4.78, 5) is 7.11. The number of hydrogen-bond acceptors (Lipinski definition) is 4. The number of hydrogen-bond donors (Lipinski definition) is 0. The lowest BCUT2D eigenvalue weighted by molar-refractivity contribution is -0.136. The molecular formula is C33H33F3N2O2. The molecule has 4 aromatic carbocycles. The Bertz CT molecular complexity index is 1640. The van der Waals surface area contributed by atoms with E-state index in [1.165, 1.54) is 13.2 Å². The summed E-state index contributed by atoms with van der Waals surface area (Å²) in [7, 11) is 1.44. The molecule has 208 valence electrons. The van der Waals surface area contributed by atoms with Crippen LogP contribution in [0.3, 0.4) is 0 Å². The fourth-order valence-electron chi connectivity index (χ4n) is 6.52. The van der Waals surface area contributed by atoms with Crippen LogP contribution in [0.4, 0.5) is 24.5 Å². The summed E-state index contributed by atoms with van der Waals surface area (Å²) in [5.41, 5.74) is 0.0816. The van der Waals surface area contributed by atoms with Crippen LogP contribution in [0.2, 0.25) is 0 Å². The number of anilines is 1. The van der Waals surface area contributed by atoms with Crippen LogP contribution in [-0.4, -0.2) is 25.6 Å². The van der Waals surface area contributed by atoms with Crippen molar-refractivity contribution >= 4 is 39.1 Å². The minimum atomic E-state index is -4.58. The van der Waals surface area contributed by atoms with Crippen LogP contribution < -0.4 is 14.4 Å². The van der Waals surface area contributed by atoms with Crippen LogP contribution in [0, 0.1) is 0 Å². The molecule has 7 heteroatoms. The zero-order valence-electron chi connectivity index (χ0n) is 23.2. The van der Waals surface area contributed by atoms with Crippen LogP contribution in [0.15, 0.2) is 65.7 Å². The van der Waals surface area contributed by atoms with Gasteiger partial charge in [-0.15, -0.1) is 0 Å². The SMILES string of the molecule is CCCCCCN1c2ccc3ccccc3c2C(C)(C)C12C=Nc1c(cc(C(F)(F)F)c3cc(OC)ccc13)O2. The Labute approximate surface area is 232 Å². The van der Waals surface area contributed by atoms with Crippen LogP contribution in [0.5, 0.6) is 11.5 Å². The van der Waals surface area contributed by atoms with Gasteiger partial charge in [0.25, 0.3) is 0 Å². The summed E-state index contributed by atoms with van der Waals surface area (Å²) in [6.45, 7) is 7.09. The molecule has 1 unspecified atom stereocenters. The fraction of sp³-hybridized carbons (Fsp3) is 0.364. The van der Waals surface area contributed by atoms with Gasteiger partial charge in [-0.25, -0.2) is 0 Å². The predicted octanol–water partition coefficient (Wildman–Crippen LogP) is 9.19. The van der Waals surface area contributed by atoms with E-state index in [9.17, 15) is 13.2 Å². The van der Waals surface area contributed by atoms with Gasteiger partial charge in [-0.3, -0.25) is 4.99 Å². The van der Waals surface area contributed by atoms with Crippen molar-refractivity contribution in [1.82, 2.24) is 0 Å². The Hall–Kier alpha value is -3.74. The Balaban J connectivity index is 1.56. The van der Waals surface area contributed by atoms with Gasteiger partial charge in [-0.2, -0.15) is 13.2 Å². The van der Waals surface area contributed by atoms with Gasteiger partial charge in [-0.1, -0.05) is 56.5 Å². The lowest BCUT2D eigenvalue weighted by Gasteiger charge is -2.46. The van der Waals surface area contributed by atoms with E-state index in [0.29, 0.717) is 23.4 Å². The molecule has 0 N–H and O–H groups in total. The van der Waals surface area contributed by atoms with E-state index < -0.39 is 22.9 Å². The van der Waals surface area contributed by atoms with E-state index >= 15 is 0 Å². The summed E-state index contributed by atoms with van der Waals surface area (Å²) in [5.74, 6) is 0.490. The molecule has 1 atom stereocenters. The number of nitrogens with zero attached hydrogens (tertiary/aromatic N) is 2. The highest BCUT2D eigenvalue weighted by Crippen LogP contribution is 2.57. The molecule has 0 aromatic heterocycles. The molecule has 2 heterocycles. The smallest absolute Gasteiger partial charge is 0.417 e. The Kier molecular flexibility index (Phi) is 6.24. The number of halogens is 3. The van der Waals surface area contributed by atoms with Gasteiger partial charge in [0.2, 0.25) is 5.72 Å². The second-order valence-corrected chi connectivity index (χ2v) is 11.3. The van der Waals surface area contributed by atoms with E-state index in [4.69, 9.17) is 14.5 Å². The summed E-state index contributed by atoms with van der Waals surface area (Å²) in [6, 6.07) is 18.3. The Morgan fingerprint density at radius 3 is 2.48 bits per heavy atom. The number of aliphatic imine (C=N–C) groups is 1. The number of alkyl halides is 3. The standard InChI is InChI=1S/C33H33F3N2O2/c1-5-6-7-10-17-38-27-16-13-21-11-8-9-12-23(21)29(27)31(2,3)32(38)20-37-30-24-15-14-22(39-4)18-25(24)26(33(34,35)36)19-28(30)40-32/h8-9,11-16,18-20H,5-7,10,17H2,1-4H3. The molecule has 2 aliphatic rings. The minimum Gasteiger partial charge on any atom is -0.497 e. The van der Waals surface area contributed by atoms with Crippen molar-refractivity contribution in [3.05, 3.63) is 71.8 Å². The first-order valence-corrected chi connectivity index (χ1v) is 13.9. The molecule has 4 nitrogen and oxygen atoms in total. The number of benzene rings is 4. The van der Waals surface area contributed by atoms with Crippen molar-refractivity contribution in [2.75, 3.05) is 18.6 Å². The maximum atomic E-state index is 14.4. The topological polar surface area (TPSA) is 34.1 Å². The molecule has 0 saturated carbocycles. The van der Waals surface area contributed by atoms with Gasteiger partial charge < -0.3 is 14.4 Å². The molecule has 1 spiro atoms. The van der Waals surface area contributed by atoms with Gasteiger partial charge >= 0.3 is 6.18 Å². The lowest BCUT2D eigenvalue weighted by Crippen LogP contribution is -2.62. The van der Waals surface area contributed by atoms with Crippen molar-refractivity contribution < 1.29 is 22.6 Å². The van der Waals surface area contributed by atoms with Crippen molar-refractivity contribution in [1.29, 1.82) is 0 Å². The third-order valence-corrected chi connectivity index (χ3v) is 8.58. The monoisotopic (exact) mass is 546 g/mol. The predicted molar refractivity (Wildman–Crippen MR) is 155 cm³/mol. The molecule has 40 heavy (non-hydrogen) atoms. The maximum absolute atomic E-state index is 14.4. The first-order chi connectivity index (χ1) is 19.1. The van der Waals surface area contributed by atoms with Crippen molar-refractivity contribution in [2.45, 2.75) is 63.8 Å². The molecule has 0 aliphatic carbocycles. The van der Waals surface area contributed by atoms with E-state index in [-0.39, 0.29) is 11.1 Å². The second-order valence-electron chi connectivity index (χ2n) is 11.3. The summed E-state index contributed by atoms with van der Waals surface area (Å²) >= 11 is 0. The van der Waals surface area contributed by atoms with E-state index in [1.54, 1.807) is 12.1 Å². The van der Waals surface area contributed by atoms with Crippen LogP contribution in [0.1, 0.15) is 57.6 Å². The van der Waals surface area contributed by atoms with Gasteiger partial charge in [0.15, 0.2) is 0 Å². The van der Waals surface area contributed by atoms with E-state index in [2.05, 4.69) is 49.9 Å². The number of fused-ring (bicyclic) bond motifs is 6. The highest BCUT2D eigenvalue weighted by Gasteiger charge is 2.60. The minimum absolute atomic E-state index is 0.0404. The Morgan fingerprint density at radius 1 is 0.925 bits per heavy atom. The summed E-state index contributed by atoms with van der Waals surface area (Å²) in [5, 5.41) is 2.65. The number of methoxy groups -OCH3 is 1. The second kappa shape index (κ2) is 9.43. The Morgan fingerprint density at radius 2 is 1.73 bits per heavy atom. The van der Waals surface area contributed by atoms with Crippen molar-refractivity contribution in [3.63, 3.8) is 0 Å². The first kappa shape index (κ1) is 26.5. The van der Waals surface area contributed by atoms with Gasteiger partial charge in [0, 0.05) is 17.6 Å². The molecule has 4 aromatic rings. The van der Waals surface area contributed by atoms with E-state index in [0.717, 1.165) is 53.8 Å². The molecule has 6 rings (SSSR count). The van der Waals surface area contributed by atoms with Gasteiger partial charge in [-0.05, 0) is 72.3 Å². The number of unbranched alkanes of at least 4 members (excludes halogenated alkanes) is 3. The average Bonchev–Trinajstić information content (AvgIpc) is 3.12. The normalized spacial score (nSPS) is 19.2. The number of rotatable bonds is 6. The zero-order valence-corrected chi connectivity index (χ0v) is 23.2. The molecule has 0 fully saturated rings. The number of ether oxygens (including phenoxy) is 2. The van der Waals surface area contributed by atoms with Crippen LogP contribution >= 0.6 is 0 Å². The molecule has 0 saturated heterocycles. The van der Waals surface area contributed by atoms with E-state index in [1.807, 2.05) is 18.3 Å². The average molecular weight is 547 g/mol. The third-order valence-electron chi connectivity index (χ3n) is 8.58. The molecule has 0 amide bonds. The van der Waals surface area contributed by atoms with Gasteiger partial charge in [0.1, 0.15) is 17.2 Å². The maximum Gasteiger partial charge on any atom is 0.417 e. The lowest BCUT2D eigenvalue weighted by atomic mass is 9.75. The molecular weight excluding hydrogens is 513 g/mol. The largest absolute Gasteiger partial charge is 0.497 e. The quantitative estimate of drug-likeness (QED) is 0.226. The molecule has 2 aliphatic heterocycles. The van der Waals surface area contributed by atoms with Crippen molar-refractivity contribution in [3.8, 4) is 11.5 Å². The van der Waals surface area contributed by atoms with Crippen molar-refractivity contribution in [2.24, 2.45) is 4.99 Å². The highest BCUT2D eigenvalue weighted by molar-refractivity contribution is 6.03. The van der Waals surface area contributed by atoms with Gasteiger partial charge in [0.05, 0.1) is 24.3 Å². The summed E-state index contributed by atoms with van der Waals surface area (Å²) < 4.78 is 55.3.